The lowest BCUT2D eigenvalue weighted by atomic mass is 10.1. The molecular formula is C13H11N3O. The van der Waals surface area contributed by atoms with Gasteiger partial charge >= 0.3 is 0 Å². The van der Waals surface area contributed by atoms with E-state index in [9.17, 15) is 4.79 Å². The Morgan fingerprint density at radius 3 is 3.06 bits per heavy atom. The summed E-state index contributed by atoms with van der Waals surface area (Å²) in [7, 11) is 0. The van der Waals surface area contributed by atoms with Crippen molar-refractivity contribution in [2.75, 3.05) is 5.32 Å². The van der Waals surface area contributed by atoms with Gasteiger partial charge in [0.2, 0.25) is 5.91 Å². The van der Waals surface area contributed by atoms with E-state index in [0.29, 0.717) is 5.69 Å². The minimum absolute atomic E-state index is 0.302. The van der Waals surface area contributed by atoms with E-state index in [-0.39, 0.29) is 5.91 Å². The summed E-state index contributed by atoms with van der Waals surface area (Å²) in [4.78, 5) is 15.7. The second kappa shape index (κ2) is 4.62. The third kappa shape index (κ3) is 2.23. The van der Waals surface area contributed by atoms with Gasteiger partial charge in [0.1, 0.15) is 5.92 Å². The van der Waals surface area contributed by atoms with Gasteiger partial charge in [-0.15, -0.1) is 0 Å². The molecule has 0 aliphatic carbocycles. The molecule has 2 aromatic rings. The van der Waals surface area contributed by atoms with Gasteiger partial charge in [-0.2, -0.15) is 5.26 Å². The lowest BCUT2D eigenvalue weighted by molar-refractivity contribution is -0.117. The Bertz CT molecular complexity index is 596. The second-order valence-electron chi connectivity index (χ2n) is 3.74. The largest absolute Gasteiger partial charge is 0.324 e. The highest BCUT2D eigenvalue weighted by Gasteiger charge is 2.12. The number of fused-ring (bicyclic) bond motifs is 1. The molecular weight excluding hydrogens is 214 g/mol. The molecule has 1 atom stereocenters. The summed E-state index contributed by atoms with van der Waals surface area (Å²) in [5, 5.41) is 13.3. The zero-order valence-corrected chi connectivity index (χ0v) is 9.34. The Morgan fingerprint density at radius 2 is 2.29 bits per heavy atom. The van der Waals surface area contributed by atoms with E-state index in [2.05, 4.69) is 10.3 Å². The Balaban J connectivity index is 2.37. The van der Waals surface area contributed by atoms with Crippen molar-refractivity contribution >= 4 is 22.4 Å². The Kier molecular flexibility index (Phi) is 3.01. The number of anilines is 1. The molecule has 2 rings (SSSR count). The molecule has 4 nitrogen and oxygen atoms in total. The van der Waals surface area contributed by atoms with Crippen LogP contribution < -0.4 is 5.32 Å². The van der Waals surface area contributed by atoms with Crippen molar-refractivity contribution in [3.05, 3.63) is 36.7 Å². The fraction of sp³-hybridized carbons (Fsp3) is 0.154. The third-order valence-electron chi connectivity index (χ3n) is 2.53. The highest BCUT2D eigenvalue weighted by molar-refractivity contribution is 6.02. The van der Waals surface area contributed by atoms with Crippen LogP contribution in [0.15, 0.2) is 36.7 Å². The normalized spacial score (nSPS) is 11.8. The Hall–Kier alpha value is -2.41. The average Bonchev–Trinajstić information content (AvgIpc) is 2.38. The fourth-order valence-electron chi connectivity index (χ4n) is 1.52. The summed E-state index contributed by atoms with van der Waals surface area (Å²) in [6, 6.07) is 9.38. The maximum Gasteiger partial charge on any atom is 0.241 e. The van der Waals surface area contributed by atoms with Crippen molar-refractivity contribution < 1.29 is 4.79 Å². The van der Waals surface area contributed by atoms with Crippen LogP contribution >= 0.6 is 0 Å². The monoisotopic (exact) mass is 225 g/mol. The molecule has 0 radical (unpaired) electrons. The molecule has 1 aromatic heterocycles. The van der Waals surface area contributed by atoms with Crippen molar-refractivity contribution in [3.8, 4) is 6.07 Å². The predicted octanol–water partition coefficient (Wildman–Crippen LogP) is 2.33. The van der Waals surface area contributed by atoms with E-state index in [4.69, 9.17) is 5.26 Å². The van der Waals surface area contributed by atoms with Crippen LogP contribution in [0.1, 0.15) is 6.92 Å². The quantitative estimate of drug-likeness (QED) is 0.853. The van der Waals surface area contributed by atoms with Gasteiger partial charge in [0, 0.05) is 17.8 Å². The Morgan fingerprint density at radius 1 is 1.47 bits per heavy atom. The predicted molar refractivity (Wildman–Crippen MR) is 65.1 cm³/mol. The summed E-state index contributed by atoms with van der Waals surface area (Å²) in [5.41, 5.74) is 0.683. The first kappa shape index (κ1) is 11.1. The van der Waals surface area contributed by atoms with E-state index in [0.717, 1.165) is 10.8 Å². The first-order valence-corrected chi connectivity index (χ1v) is 5.25. The van der Waals surface area contributed by atoms with Crippen LogP contribution in [0, 0.1) is 17.2 Å². The number of rotatable bonds is 2. The van der Waals surface area contributed by atoms with E-state index in [1.807, 2.05) is 24.3 Å². The minimum Gasteiger partial charge on any atom is -0.324 e. The summed E-state index contributed by atoms with van der Waals surface area (Å²) in [6.45, 7) is 1.57. The van der Waals surface area contributed by atoms with Crippen LogP contribution in [0.2, 0.25) is 0 Å². The number of carbonyl (C=O) groups is 1. The van der Waals surface area contributed by atoms with Crippen LogP contribution in [0.4, 0.5) is 5.69 Å². The van der Waals surface area contributed by atoms with Gasteiger partial charge in [-0.05, 0) is 24.4 Å². The zero-order chi connectivity index (χ0) is 12.3. The number of nitriles is 1. The SMILES string of the molecule is CC(C#N)C(=O)Nc1cccc2ccncc12. The number of nitrogens with zero attached hydrogens (tertiary/aromatic N) is 2. The second-order valence-corrected chi connectivity index (χ2v) is 3.74. The van der Waals surface area contributed by atoms with E-state index >= 15 is 0 Å². The number of aromatic nitrogens is 1. The summed E-state index contributed by atoms with van der Waals surface area (Å²) in [5.74, 6) is -0.967. The number of carbonyl (C=O) groups excluding carboxylic acids is 1. The van der Waals surface area contributed by atoms with Gasteiger partial charge in [0.15, 0.2) is 0 Å². The number of nitrogens with one attached hydrogen (secondary N) is 1. The van der Waals surface area contributed by atoms with Crippen molar-refractivity contribution in [2.45, 2.75) is 6.92 Å². The number of pyridine rings is 1. The molecule has 0 fully saturated rings. The van der Waals surface area contributed by atoms with E-state index < -0.39 is 5.92 Å². The van der Waals surface area contributed by atoms with Gasteiger partial charge in [-0.1, -0.05) is 12.1 Å². The fourth-order valence-corrected chi connectivity index (χ4v) is 1.52. The lowest BCUT2D eigenvalue weighted by Gasteiger charge is -2.08. The van der Waals surface area contributed by atoms with Crippen molar-refractivity contribution in [2.24, 2.45) is 5.92 Å². The summed E-state index contributed by atoms with van der Waals surface area (Å²) in [6.07, 6.45) is 3.40. The molecule has 0 aliphatic rings. The van der Waals surface area contributed by atoms with Gasteiger partial charge in [-0.3, -0.25) is 9.78 Å². The maximum atomic E-state index is 11.6. The molecule has 0 spiro atoms. The molecule has 1 N–H and O–H groups in total. The molecule has 0 bridgehead atoms. The highest BCUT2D eigenvalue weighted by Crippen LogP contribution is 2.22. The number of benzene rings is 1. The molecule has 0 saturated carbocycles. The van der Waals surface area contributed by atoms with Crippen LogP contribution in [0.5, 0.6) is 0 Å². The molecule has 1 unspecified atom stereocenters. The minimum atomic E-state index is -0.665. The van der Waals surface area contributed by atoms with Crippen molar-refractivity contribution in [1.29, 1.82) is 5.26 Å². The van der Waals surface area contributed by atoms with E-state index in [1.165, 1.54) is 0 Å². The lowest BCUT2D eigenvalue weighted by Crippen LogP contribution is -2.19. The molecule has 1 aromatic carbocycles. The zero-order valence-electron chi connectivity index (χ0n) is 9.34. The Labute approximate surface area is 98.9 Å². The first-order chi connectivity index (χ1) is 8.22. The molecule has 4 heteroatoms. The van der Waals surface area contributed by atoms with E-state index in [1.54, 1.807) is 25.4 Å². The van der Waals surface area contributed by atoms with Crippen LogP contribution in [-0.2, 0) is 4.79 Å². The average molecular weight is 225 g/mol. The molecule has 0 saturated heterocycles. The topological polar surface area (TPSA) is 65.8 Å². The highest BCUT2D eigenvalue weighted by atomic mass is 16.1. The standard InChI is InChI=1S/C13H11N3O/c1-9(7-14)13(17)16-12-4-2-3-10-5-6-15-8-11(10)12/h2-6,8-9H,1H3,(H,16,17). The molecule has 1 amide bonds. The van der Waals surface area contributed by atoms with Crippen molar-refractivity contribution in [1.82, 2.24) is 4.98 Å². The van der Waals surface area contributed by atoms with Gasteiger partial charge in [-0.25, -0.2) is 0 Å². The molecule has 84 valence electrons. The molecule has 1 heterocycles. The third-order valence-corrected chi connectivity index (χ3v) is 2.53. The van der Waals surface area contributed by atoms with Crippen LogP contribution in [0.3, 0.4) is 0 Å². The first-order valence-electron chi connectivity index (χ1n) is 5.25. The van der Waals surface area contributed by atoms with Gasteiger partial charge in [0.05, 0.1) is 11.8 Å². The molecule has 0 aliphatic heterocycles. The van der Waals surface area contributed by atoms with Crippen LogP contribution in [-0.4, -0.2) is 10.9 Å². The molecule has 17 heavy (non-hydrogen) atoms. The summed E-state index contributed by atoms with van der Waals surface area (Å²) >= 11 is 0. The summed E-state index contributed by atoms with van der Waals surface area (Å²) < 4.78 is 0. The van der Waals surface area contributed by atoms with Crippen molar-refractivity contribution in [3.63, 3.8) is 0 Å². The van der Waals surface area contributed by atoms with Gasteiger partial charge < -0.3 is 5.32 Å². The number of hydrogen-bond donors (Lipinski definition) is 1. The van der Waals surface area contributed by atoms with Crippen LogP contribution in [0.25, 0.3) is 10.8 Å². The maximum absolute atomic E-state index is 11.6. The number of amides is 1. The smallest absolute Gasteiger partial charge is 0.241 e. The van der Waals surface area contributed by atoms with Gasteiger partial charge in [0.25, 0.3) is 0 Å². The number of hydrogen-bond acceptors (Lipinski definition) is 3.